The lowest BCUT2D eigenvalue weighted by Crippen LogP contribution is -2.09. The van der Waals surface area contributed by atoms with Gasteiger partial charge in [0, 0.05) is 0 Å². The van der Waals surface area contributed by atoms with Crippen LogP contribution in [0.5, 0.6) is 0 Å². The predicted octanol–water partition coefficient (Wildman–Crippen LogP) is 2.87. The van der Waals surface area contributed by atoms with Crippen molar-refractivity contribution in [2.24, 2.45) is 0 Å². The Bertz CT molecular complexity index is 168. The first-order chi connectivity index (χ1) is 7.12. The Kier molecular flexibility index (Phi) is 9.41. The largest absolute Gasteiger partial charge is 0.756 e. The summed E-state index contributed by atoms with van der Waals surface area (Å²) in [5.74, 6) is 0. The molecule has 15 heavy (non-hydrogen) atoms. The van der Waals surface area contributed by atoms with E-state index in [2.05, 4.69) is 22.9 Å². The maximum atomic E-state index is 11.1. The van der Waals surface area contributed by atoms with Crippen molar-refractivity contribution in [2.45, 2.75) is 52.4 Å². The van der Waals surface area contributed by atoms with E-state index in [1.807, 2.05) is 0 Å². The van der Waals surface area contributed by atoms with Crippen molar-refractivity contribution in [1.82, 2.24) is 0 Å². The highest BCUT2D eigenvalue weighted by Crippen LogP contribution is 2.38. The van der Waals surface area contributed by atoms with Crippen LogP contribution in [0, 0.1) is 0 Å². The number of rotatable bonds is 10. The van der Waals surface area contributed by atoms with Crippen molar-refractivity contribution in [3.63, 3.8) is 0 Å². The lowest BCUT2D eigenvalue weighted by Gasteiger charge is -2.22. The minimum absolute atomic E-state index is 0.238. The predicted molar refractivity (Wildman–Crippen MR) is 58.6 cm³/mol. The molecule has 5 heteroatoms. The van der Waals surface area contributed by atoms with Gasteiger partial charge in [0.15, 0.2) is 0 Å². The Morgan fingerprint density at radius 3 is 1.67 bits per heavy atom. The van der Waals surface area contributed by atoms with Crippen LogP contribution in [0.3, 0.4) is 0 Å². The smallest absolute Gasteiger partial charge is 0.267 e. The van der Waals surface area contributed by atoms with Gasteiger partial charge in [0.1, 0.15) is 0 Å². The van der Waals surface area contributed by atoms with Crippen molar-refractivity contribution in [3.8, 4) is 0 Å². The van der Waals surface area contributed by atoms with E-state index < -0.39 is 7.82 Å². The molecular formula is C10H22O4P-. The molecule has 0 atom stereocenters. The number of phosphoric ester groups is 1. The minimum atomic E-state index is -4.02. The standard InChI is InChI=1S/C10H23O4P/c1-3-5-7-9-13-15(11,12)14-10-8-6-4-2/h3-10H2,1-2H3,(H,11,12)/p-1. The maximum absolute atomic E-state index is 11.1. The van der Waals surface area contributed by atoms with Gasteiger partial charge >= 0.3 is 0 Å². The van der Waals surface area contributed by atoms with Crippen LogP contribution in [0.1, 0.15) is 52.4 Å². The van der Waals surface area contributed by atoms with Gasteiger partial charge in [-0.1, -0.05) is 39.5 Å². The average Bonchev–Trinajstić information content (AvgIpc) is 2.20. The number of unbranched alkanes of at least 4 members (excludes halogenated alkanes) is 4. The van der Waals surface area contributed by atoms with Gasteiger partial charge in [0.25, 0.3) is 7.82 Å². The zero-order valence-electron chi connectivity index (χ0n) is 9.74. The first-order valence-electron chi connectivity index (χ1n) is 5.72. The third-order valence-electron chi connectivity index (χ3n) is 1.99. The summed E-state index contributed by atoms with van der Waals surface area (Å²) in [5.41, 5.74) is 0. The second-order valence-electron chi connectivity index (χ2n) is 3.53. The van der Waals surface area contributed by atoms with Crippen LogP contribution in [0.15, 0.2) is 0 Å². The van der Waals surface area contributed by atoms with E-state index in [9.17, 15) is 9.46 Å². The summed E-state index contributed by atoms with van der Waals surface area (Å²) in [6, 6.07) is 0. The van der Waals surface area contributed by atoms with Gasteiger partial charge in [-0.05, 0) is 12.8 Å². The number of hydrogen-bond donors (Lipinski definition) is 0. The summed E-state index contributed by atoms with van der Waals surface area (Å²) in [5, 5.41) is 0. The highest BCUT2D eigenvalue weighted by molar-refractivity contribution is 7.45. The molecule has 0 N–H and O–H groups in total. The van der Waals surface area contributed by atoms with Crippen molar-refractivity contribution in [2.75, 3.05) is 13.2 Å². The molecular weight excluding hydrogens is 215 g/mol. The van der Waals surface area contributed by atoms with E-state index in [-0.39, 0.29) is 13.2 Å². The second-order valence-corrected chi connectivity index (χ2v) is 4.94. The topological polar surface area (TPSA) is 58.6 Å². The van der Waals surface area contributed by atoms with Crippen molar-refractivity contribution in [1.29, 1.82) is 0 Å². The number of hydrogen-bond acceptors (Lipinski definition) is 4. The third kappa shape index (κ3) is 10.4. The summed E-state index contributed by atoms with van der Waals surface area (Å²) in [7, 11) is -4.02. The van der Waals surface area contributed by atoms with Gasteiger partial charge in [-0.2, -0.15) is 0 Å². The van der Waals surface area contributed by atoms with E-state index >= 15 is 0 Å². The van der Waals surface area contributed by atoms with E-state index in [1.165, 1.54) is 0 Å². The summed E-state index contributed by atoms with van der Waals surface area (Å²) >= 11 is 0. The molecule has 0 fully saturated rings. The molecule has 0 unspecified atom stereocenters. The molecule has 0 aromatic heterocycles. The Labute approximate surface area is 92.6 Å². The Balaban J connectivity index is 3.45. The minimum Gasteiger partial charge on any atom is -0.756 e. The molecule has 0 aliphatic rings. The van der Waals surface area contributed by atoms with Gasteiger partial charge in [-0.25, -0.2) is 0 Å². The molecule has 0 aromatic rings. The first kappa shape index (κ1) is 15.1. The first-order valence-corrected chi connectivity index (χ1v) is 7.18. The fraction of sp³-hybridized carbons (Fsp3) is 1.00. The molecule has 0 heterocycles. The van der Waals surface area contributed by atoms with Gasteiger partial charge in [0.2, 0.25) is 0 Å². The van der Waals surface area contributed by atoms with E-state index in [0.717, 1.165) is 38.5 Å². The molecule has 0 spiro atoms. The zero-order chi connectivity index (χ0) is 11.6. The third-order valence-corrected chi connectivity index (χ3v) is 2.99. The van der Waals surface area contributed by atoms with Crippen molar-refractivity contribution < 1.29 is 18.5 Å². The summed E-state index contributed by atoms with van der Waals surface area (Å²) in [6.45, 7) is 4.58. The molecule has 0 saturated heterocycles. The van der Waals surface area contributed by atoms with Gasteiger partial charge < -0.3 is 13.9 Å². The van der Waals surface area contributed by atoms with Crippen LogP contribution in [-0.4, -0.2) is 13.2 Å². The lowest BCUT2D eigenvalue weighted by molar-refractivity contribution is -0.225. The van der Waals surface area contributed by atoms with Crippen LogP contribution in [0.2, 0.25) is 0 Å². The molecule has 92 valence electrons. The summed E-state index contributed by atoms with van der Waals surface area (Å²) in [6.07, 6.45) is 5.58. The van der Waals surface area contributed by atoms with E-state index in [4.69, 9.17) is 0 Å². The quantitative estimate of drug-likeness (QED) is 0.433. The molecule has 0 saturated carbocycles. The molecule has 0 aliphatic carbocycles. The fourth-order valence-corrected chi connectivity index (χ4v) is 1.87. The van der Waals surface area contributed by atoms with Gasteiger partial charge in [0.05, 0.1) is 13.2 Å². The Morgan fingerprint density at radius 2 is 1.33 bits per heavy atom. The fourth-order valence-electron chi connectivity index (χ4n) is 1.09. The molecule has 0 aromatic carbocycles. The van der Waals surface area contributed by atoms with Crippen molar-refractivity contribution >= 4 is 7.82 Å². The van der Waals surface area contributed by atoms with Crippen LogP contribution in [-0.2, 0) is 13.6 Å². The highest BCUT2D eigenvalue weighted by atomic mass is 31.2. The highest BCUT2D eigenvalue weighted by Gasteiger charge is 2.07. The zero-order valence-corrected chi connectivity index (χ0v) is 10.6. The van der Waals surface area contributed by atoms with E-state index in [0.29, 0.717) is 0 Å². The summed E-state index contributed by atoms with van der Waals surface area (Å²) in [4.78, 5) is 11.1. The van der Waals surface area contributed by atoms with Gasteiger partial charge in [-0.15, -0.1) is 0 Å². The van der Waals surface area contributed by atoms with Crippen molar-refractivity contribution in [3.05, 3.63) is 0 Å². The second kappa shape index (κ2) is 9.34. The summed E-state index contributed by atoms with van der Waals surface area (Å²) < 4.78 is 20.5. The molecule has 0 bridgehead atoms. The average molecular weight is 237 g/mol. The van der Waals surface area contributed by atoms with Crippen LogP contribution < -0.4 is 4.89 Å². The van der Waals surface area contributed by atoms with Crippen LogP contribution >= 0.6 is 7.82 Å². The molecule has 4 nitrogen and oxygen atoms in total. The molecule has 0 aliphatic heterocycles. The van der Waals surface area contributed by atoms with Crippen LogP contribution in [0.25, 0.3) is 0 Å². The lowest BCUT2D eigenvalue weighted by atomic mass is 10.3. The Morgan fingerprint density at radius 1 is 0.933 bits per heavy atom. The normalized spacial score (nSPS) is 11.9. The SMILES string of the molecule is CCCCCOP(=O)([O-])OCCCCC. The Hall–Kier alpha value is 0.110. The molecule has 0 radical (unpaired) electrons. The van der Waals surface area contributed by atoms with Crippen LogP contribution in [0.4, 0.5) is 0 Å². The van der Waals surface area contributed by atoms with Gasteiger partial charge in [-0.3, -0.25) is 4.57 Å². The maximum Gasteiger partial charge on any atom is 0.267 e. The number of phosphoric acid groups is 1. The monoisotopic (exact) mass is 237 g/mol. The molecule has 0 amide bonds. The molecule has 0 rings (SSSR count). The van der Waals surface area contributed by atoms with E-state index in [1.54, 1.807) is 0 Å².